The summed E-state index contributed by atoms with van der Waals surface area (Å²) in [6.07, 6.45) is 0. The Hall–Kier alpha value is -2.02. The average molecular weight is 432 g/mol. The summed E-state index contributed by atoms with van der Waals surface area (Å²) < 4.78 is 3.75. The number of halogens is 1. The predicted octanol–water partition coefficient (Wildman–Crippen LogP) is -0.426. The van der Waals surface area contributed by atoms with E-state index in [0.717, 1.165) is 16.6 Å². The van der Waals surface area contributed by atoms with Gasteiger partial charge in [0.15, 0.2) is 0 Å². The quantitative estimate of drug-likeness (QED) is 0.303. The summed E-state index contributed by atoms with van der Waals surface area (Å²) in [7, 11) is 1.84. The summed E-state index contributed by atoms with van der Waals surface area (Å²) in [5.41, 5.74) is 2.02. The molecule has 1 heterocycles. The Morgan fingerprint density at radius 2 is 1.54 bits per heavy atom. The maximum absolute atomic E-state index is 13.1. The topological polar surface area (TPSA) is 43.0 Å². The van der Waals surface area contributed by atoms with E-state index in [1.807, 2.05) is 66.4 Å². The fourth-order valence-corrected chi connectivity index (χ4v) is 3.54. The van der Waals surface area contributed by atoms with Crippen molar-refractivity contribution in [3.8, 4) is 0 Å². The summed E-state index contributed by atoms with van der Waals surface area (Å²) >= 11 is 0. The molecule has 2 aromatic carbocycles. The van der Waals surface area contributed by atoms with E-state index in [1.165, 1.54) is 0 Å². The molecule has 0 saturated heterocycles. The zero-order chi connectivity index (χ0) is 16.3. The number of aromatic nitrogens is 2. The number of carbonyl (C=O) groups is 2. The van der Waals surface area contributed by atoms with Gasteiger partial charge in [-0.2, -0.15) is 0 Å². The number of benzene rings is 2. The molecule has 122 valence electrons. The van der Waals surface area contributed by atoms with Crippen molar-refractivity contribution >= 4 is 22.3 Å². The first-order valence-electron chi connectivity index (χ1n) is 7.76. The van der Waals surface area contributed by atoms with E-state index in [2.05, 4.69) is 0 Å². The molecule has 0 aliphatic heterocycles. The van der Waals surface area contributed by atoms with Crippen molar-refractivity contribution in [1.82, 2.24) is 4.57 Å². The third-order valence-corrected chi connectivity index (χ3v) is 4.83. The zero-order valence-electron chi connectivity index (χ0n) is 13.8. The van der Waals surface area contributed by atoms with Crippen LogP contribution in [0.25, 0.3) is 10.8 Å². The van der Waals surface area contributed by atoms with Crippen molar-refractivity contribution in [2.45, 2.75) is 20.4 Å². The van der Waals surface area contributed by atoms with Crippen LogP contribution in [-0.2, 0) is 13.6 Å². The molecule has 0 saturated carbocycles. The molecule has 1 aliphatic carbocycles. The molecule has 4 nitrogen and oxygen atoms in total. The highest BCUT2D eigenvalue weighted by Gasteiger charge is 2.41. The molecule has 0 bridgehead atoms. The van der Waals surface area contributed by atoms with Gasteiger partial charge in [-0.1, -0.05) is 24.3 Å². The van der Waals surface area contributed by atoms with Gasteiger partial charge in [0.2, 0.25) is 23.0 Å². The van der Waals surface area contributed by atoms with E-state index in [4.69, 9.17) is 0 Å². The van der Waals surface area contributed by atoms with Gasteiger partial charge >= 0.3 is 0 Å². The lowest BCUT2D eigenvalue weighted by Gasteiger charge is -2.13. The third kappa shape index (κ3) is 2.07. The Bertz CT molecular complexity index is 1020. The van der Waals surface area contributed by atoms with Crippen LogP contribution in [0.1, 0.15) is 44.9 Å². The van der Waals surface area contributed by atoms with E-state index in [9.17, 15) is 9.59 Å². The molecular formula is C19H17IN2O2. The molecule has 0 radical (unpaired) electrons. The number of fused-ring (bicyclic) bond motifs is 3. The van der Waals surface area contributed by atoms with E-state index in [1.54, 1.807) is 0 Å². The van der Waals surface area contributed by atoms with Gasteiger partial charge in [-0.05, 0) is 29.8 Å². The lowest BCUT2D eigenvalue weighted by atomic mass is 9.87. The summed E-state index contributed by atoms with van der Waals surface area (Å²) in [6, 6.07) is 11.5. The number of rotatable bonds is 1. The summed E-state index contributed by atoms with van der Waals surface area (Å²) in [5, 5.41) is 1.96. The molecular weight excluding hydrogens is 415 g/mol. The van der Waals surface area contributed by atoms with Crippen molar-refractivity contribution in [2.75, 3.05) is 0 Å². The molecule has 24 heavy (non-hydrogen) atoms. The summed E-state index contributed by atoms with van der Waals surface area (Å²) in [5.74, 6) is 0.778. The molecule has 5 heteroatoms. The van der Waals surface area contributed by atoms with E-state index in [0.29, 0.717) is 29.1 Å². The van der Waals surface area contributed by atoms with Crippen molar-refractivity contribution in [1.29, 1.82) is 0 Å². The largest absolute Gasteiger partial charge is 1.00 e. The number of ketones is 2. The fourth-order valence-electron chi connectivity index (χ4n) is 3.54. The predicted molar refractivity (Wildman–Crippen MR) is 86.8 cm³/mol. The number of carbonyl (C=O) groups excluding carboxylic acids is 2. The third-order valence-electron chi connectivity index (χ3n) is 4.83. The van der Waals surface area contributed by atoms with Crippen LogP contribution in [-0.4, -0.2) is 16.1 Å². The maximum atomic E-state index is 13.1. The number of hydrogen-bond acceptors (Lipinski definition) is 2. The van der Waals surface area contributed by atoms with Gasteiger partial charge in [-0.3, -0.25) is 9.59 Å². The minimum Gasteiger partial charge on any atom is -1.00 e. The van der Waals surface area contributed by atoms with Crippen LogP contribution in [0.5, 0.6) is 0 Å². The Morgan fingerprint density at radius 3 is 2.08 bits per heavy atom. The van der Waals surface area contributed by atoms with Crippen LogP contribution in [0.2, 0.25) is 0 Å². The van der Waals surface area contributed by atoms with Gasteiger partial charge in [0.05, 0.1) is 13.6 Å². The molecule has 4 rings (SSSR count). The Morgan fingerprint density at radius 1 is 1.00 bits per heavy atom. The van der Waals surface area contributed by atoms with Gasteiger partial charge in [0, 0.05) is 18.1 Å². The van der Waals surface area contributed by atoms with Gasteiger partial charge in [0.1, 0.15) is 0 Å². The zero-order valence-corrected chi connectivity index (χ0v) is 15.9. The molecule has 3 aromatic rings. The second kappa shape index (κ2) is 5.81. The SMILES string of the molecule is CCn1c2c([n+](C)c1C)C(=O)c1cc3ccccc3cc1C2=O.[I-]. The molecule has 0 amide bonds. The molecule has 0 unspecified atom stereocenters. The van der Waals surface area contributed by atoms with Gasteiger partial charge in [0.25, 0.3) is 5.82 Å². The van der Waals surface area contributed by atoms with Crippen LogP contribution in [0.4, 0.5) is 0 Å². The first-order chi connectivity index (χ1) is 11.0. The van der Waals surface area contributed by atoms with Gasteiger partial charge in [-0.15, -0.1) is 0 Å². The molecule has 1 aromatic heterocycles. The van der Waals surface area contributed by atoms with Crippen molar-refractivity contribution in [2.24, 2.45) is 7.05 Å². The molecule has 0 atom stereocenters. The highest BCUT2D eigenvalue weighted by Crippen LogP contribution is 2.30. The van der Waals surface area contributed by atoms with Crippen molar-refractivity contribution < 1.29 is 38.1 Å². The lowest BCUT2D eigenvalue weighted by Crippen LogP contribution is -3.00. The summed E-state index contributed by atoms with van der Waals surface area (Å²) in [6.45, 7) is 4.58. The van der Waals surface area contributed by atoms with Crippen LogP contribution < -0.4 is 28.5 Å². The highest BCUT2D eigenvalue weighted by atomic mass is 127. The van der Waals surface area contributed by atoms with Crippen LogP contribution in [0.3, 0.4) is 0 Å². The number of hydrogen-bond donors (Lipinski definition) is 0. The van der Waals surface area contributed by atoms with Crippen LogP contribution in [0, 0.1) is 6.92 Å². The summed E-state index contributed by atoms with van der Waals surface area (Å²) in [4.78, 5) is 26.1. The first kappa shape index (κ1) is 16.8. The number of nitrogens with zero attached hydrogens (tertiary/aromatic N) is 2. The highest BCUT2D eigenvalue weighted by molar-refractivity contribution is 6.27. The second-order valence-electron chi connectivity index (χ2n) is 5.95. The molecule has 0 N–H and O–H groups in total. The fraction of sp³-hybridized carbons (Fsp3) is 0.211. The number of imidazole rings is 1. The van der Waals surface area contributed by atoms with Gasteiger partial charge < -0.3 is 24.0 Å². The molecule has 0 fully saturated rings. The standard InChI is InChI=1S/C19H17N2O2.HI/c1-4-21-11(2)20(3)16-17(21)19(23)15-10-13-8-6-5-7-12(13)9-14(15)18(16)22;/h5-10H,4H2,1-3H3;1H/q+1;/p-1. The average Bonchev–Trinajstić information content (AvgIpc) is 2.83. The molecule has 1 aliphatic rings. The smallest absolute Gasteiger partial charge is 0.254 e. The van der Waals surface area contributed by atoms with E-state index >= 15 is 0 Å². The second-order valence-corrected chi connectivity index (χ2v) is 5.95. The van der Waals surface area contributed by atoms with Gasteiger partial charge in [-0.25, -0.2) is 9.13 Å². The van der Waals surface area contributed by atoms with Crippen molar-refractivity contribution in [3.63, 3.8) is 0 Å². The monoisotopic (exact) mass is 432 g/mol. The lowest BCUT2D eigenvalue weighted by molar-refractivity contribution is -0.679. The van der Waals surface area contributed by atoms with E-state index < -0.39 is 0 Å². The van der Waals surface area contributed by atoms with Crippen LogP contribution >= 0.6 is 0 Å². The van der Waals surface area contributed by atoms with E-state index in [-0.39, 0.29) is 35.5 Å². The Kier molecular flexibility index (Phi) is 4.07. The Labute approximate surface area is 157 Å². The molecule has 0 spiro atoms. The van der Waals surface area contributed by atoms with Crippen LogP contribution in [0.15, 0.2) is 36.4 Å². The Balaban J connectivity index is 0.00000169. The maximum Gasteiger partial charge on any atom is 0.254 e. The van der Waals surface area contributed by atoms with Crippen molar-refractivity contribution in [3.05, 3.63) is 64.7 Å². The first-order valence-corrected chi connectivity index (χ1v) is 7.76. The normalized spacial score (nSPS) is 12.8. The minimum absolute atomic E-state index is 0. The minimum atomic E-state index is -0.0712.